The molecule has 0 fully saturated rings. The third-order valence-corrected chi connectivity index (χ3v) is 7.27. The summed E-state index contributed by atoms with van der Waals surface area (Å²) in [7, 11) is 0. The summed E-state index contributed by atoms with van der Waals surface area (Å²) < 4.78 is 15.9. The number of aromatic nitrogens is 4. The zero-order valence-corrected chi connectivity index (χ0v) is 17.0. The average molecular weight is 426 g/mol. The third kappa shape index (κ3) is 1.59. The van der Waals surface area contributed by atoms with Crippen LogP contribution in [0.5, 0.6) is 0 Å². The van der Waals surface area contributed by atoms with Crippen LogP contribution in [0.3, 0.4) is 0 Å². The molecule has 0 bridgehead atoms. The van der Waals surface area contributed by atoms with Crippen LogP contribution in [0.15, 0.2) is 42.7 Å². The fourth-order valence-corrected chi connectivity index (χ4v) is 6.13. The standard InChI is InChI=1S/C22H10N4O4S/c1-7-5-11-19(29-7)23-17-9-3-4-10-14-13(9)16(22(28)25(11)17)31-15(14)18-24-20-12(6-8(2)30-20)26(18)21(10)27/h3-6H,1-2H3. The summed E-state index contributed by atoms with van der Waals surface area (Å²) >= 11 is 1.36. The number of rotatable bonds is 0. The number of thiophene rings is 1. The van der Waals surface area contributed by atoms with E-state index in [1.165, 1.54) is 11.3 Å². The van der Waals surface area contributed by atoms with Crippen molar-refractivity contribution in [2.24, 2.45) is 0 Å². The first-order chi connectivity index (χ1) is 15.0. The van der Waals surface area contributed by atoms with Gasteiger partial charge in [0.1, 0.15) is 27.3 Å². The highest BCUT2D eigenvalue weighted by molar-refractivity contribution is 7.26. The van der Waals surface area contributed by atoms with Crippen LogP contribution in [0.4, 0.5) is 0 Å². The van der Waals surface area contributed by atoms with Crippen LogP contribution in [-0.2, 0) is 0 Å². The molecule has 9 heteroatoms. The van der Waals surface area contributed by atoms with Gasteiger partial charge in [0.05, 0.1) is 4.70 Å². The summed E-state index contributed by atoms with van der Waals surface area (Å²) in [6, 6.07) is 7.31. The number of pyridine rings is 2. The molecular formula is C22H10N4O4S. The van der Waals surface area contributed by atoms with E-state index in [1.807, 2.05) is 38.1 Å². The van der Waals surface area contributed by atoms with Gasteiger partial charge in [0.15, 0.2) is 11.3 Å². The minimum Gasteiger partial charge on any atom is -0.442 e. The summed E-state index contributed by atoms with van der Waals surface area (Å²) in [6.07, 6.45) is 0. The van der Waals surface area contributed by atoms with E-state index in [0.29, 0.717) is 55.4 Å². The quantitative estimate of drug-likeness (QED) is 0.337. The van der Waals surface area contributed by atoms with Gasteiger partial charge in [-0.1, -0.05) is 0 Å². The zero-order valence-electron chi connectivity index (χ0n) is 16.1. The fourth-order valence-electron chi connectivity index (χ4n) is 4.90. The molecular weight excluding hydrogens is 416 g/mol. The van der Waals surface area contributed by atoms with Gasteiger partial charge in [0.25, 0.3) is 11.1 Å². The Morgan fingerprint density at radius 2 is 1.35 bits per heavy atom. The number of hydrogen-bond donors (Lipinski definition) is 0. The second kappa shape index (κ2) is 4.68. The van der Waals surface area contributed by atoms with Crippen molar-refractivity contribution in [2.45, 2.75) is 13.8 Å². The molecule has 0 aliphatic carbocycles. The zero-order chi connectivity index (χ0) is 20.8. The maximum absolute atomic E-state index is 13.6. The van der Waals surface area contributed by atoms with Crippen molar-refractivity contribution in [3.8, 4) is 0 Å². The Bertz CT molecular complexity index is 2170. The van der Waals surface area contributed by atoms with E-state index < -0.39 is 0 Å². The van der Waals surface area contributed by atoms with Crippen molar-refractivity contribution in [2.75, 3.05) is 0 Å². The molecule has 0 spiro atoms. The van der Waals surface area contributed by atoms with Gasteiger partial charge in [-0.3, -0.25) is 18.4 Å². The summed E-state index contributed by atoms with van der Waals surface area (Å²) in [4.78, 5) is 36.2. The topological polar surface area (TPSA) is 95.0 Å². The lowest BCUT2D eigenvalue weighted by molar-refractivity contribution is 0.569. The maximum Gasteiger partial charge on any atom is 0.274 e. The van der Waals surface area contributed by atoms with Crippen LogP contribution >= 0.6 is 11.3 Å². The van der Waals surface area contributed by atoms with Gasteiger partial charge in [-0.15, -0.1) is 11.3 Å². The molecule has 31 heavy (non-hydrogen) atoms. The van der Waals surface area contributed by atoms with E-state index in [1.54, 1.807) is 8.80 Å². The first-order valence-electron chi connectivity index (χ1n) is 9.68. The largest absolute Gasteiger partial charge is 0.442 e. The minimum atomic E-state index is -0.174. The highest BCUT2D eigenvalue weighted by Gasteiger charge is 2.26. The SMILES string of the molecule is Cc1cc2c(nc3c4ccc5c(=O)n6c7cc(C)oc7nc6c6sc(c(=O)n23)c4c56)o1. The van der Waals surface area contributed by atoms with Gasteiger partial charge >= 0.3 is 0 Å². The lowest BCUT2D eigenvalue weighted by Gasteiger charge is -2.04. The number of nitrogens with zero attached hydrogens (tertiary/aromatic N) is 4. The Morgan fingerprint density at radius 1 is 0.774 bits per heavy atom. The molecule has 0 aliphatic rings. The number of hydrogen-bond acceptors (Lipinski definition) is 7. The Morgan fingerprint density at radius 3 is 2.06 bits per heavy atom. The Kier molecular flexibility index (Phi) is 2.38. The van der Waals surface area contributed by atoms with Crippen molar-refractivity contribution in [3.05, 3.63) is 56.5 Å². The Hall–Kier alpha value is -3.98. The van der Waals surface area contributed by atoms with E-state index in [0.717, 1.165) is 20.9 Å². The number of benzene rings is 1. The van der Waals surface area contributed by atoms with Crippen molar-refractivity contribution in [3.63, 3.8) is 0 Å². The summed E-state index contributed by atoms with van der Waals surface area (Å²) in [5.41, 5.74) is 2.85. The number of fused-ring (bicyclic) bond motifs is 8. The van der Waals surface area contributed by atoms with Crippen molar-refractivity contribution < 1.29 is 8.83 Å². The van der Waals surface area contributed by atoms with E-state index in [4.69, 9.17) is 8.83 Å². The summed E-state index contributed by atoms with van der Waals surface area (Å²) in [5.74, 6) is 1.39. The van der Waals surface area contributed by atoms with E-state index >= 15 is 0 Å². The Balaban J connectivity index is 1.72. The summed E-state index contributed by atoms with van der Waals surface area (Å²) in [6.45, 7) is 3.65. The van der Waals surface area contributed by atoms with Gasteiger partial charge in [0.2, 0.25) is 11.4 Å². The molecule has 0 amide bonds. The molecule has 8 aromatic rings. The molecule has 0 unspecified atom stereocenters. The van der Waals surface area contributed by atoms with Crippen LogP contribution in [-0.4, -0.2) is 18.8 Å². The number of furan rings is 2. The molecule has 0 radical (unpaired) electrons. The molecule has 1 aromatic carbocycles. The predicted molar refractivity (Wildman–Crippen MR) is 118 cm³/mol. The monoisotopic (exact) mass is 426 g/mol. The molecule has 0 atom stereocenters. The molecule has 0 saturated carbocycles. The lowest BCUT2D eigenvalue weighted by atomic mass is 10.0. The summed E-state index contributed by atoms with van der Waals surface area (Å²) in [5, 5.41) is 2.88. The second-order valence-electron chi connectivity index (χ2n) is 7.92. The second-order valence-corrected chi connectivity index (χ2v) is 8.94. The fraction of sp³-hybridized carbons (Fsp3) is 0.0909. The third-order valence-electron chi connectivity index (χ3n) is 6.09. The number of aryl methyl sites for hydroxylation is 2. The molecule has 8 nitrogen and oxygen atoms in total. The molecule has 0 N–H and O–H groups in total. The van der Waals surface area contributed by atoms with Gasteiger partial charge in [0, 0.05) is 33.7 Å². The molecule has 8 rings (SSSR count). The van der Waals surface area contributed by atoms with Crippen molar-refractivity contribution in [1.29, 1.82) is 0 Å². The van der Waals surface area contributed by atoms with Gasteiger partial charge in [-0.05, 0) is 26.0 Å². The van der Waals surface area contributed by atoms with Crippen LogP contribution in [0, 0.1) is 13.8 Å². The molecule has 7 aromatic heterocycles. The van der Waals surface area contributed by atoms with Crippen LogP contribution in [0.25, 0.3) is 64.7 Å². The first kappa shape index (κ1) is 15.8. The molecule has 0 saturated heterocycles. The van der Waals surface area contributed by atoms with E-state index in [2.05, 4.69) is 9.97 Å². The predicted octanol–water partition coefficient (Wildman–Crippen LogP) is 4.21. The molecule has 0 aliphatic heterocycles. The molecule has 7 heterocycles. The smallest absolute Gasteiger partial charge is 0.274 e. The number of imidazole rings is 2. The van der Waals surface area contributed by atoms with E-state index in [-0.39, 0.29) is 11.1 Å². The van der Waals surface area contributed by atoms with Crippen molar-refractivity contribution >= 4 is 76.0 Å². The van der Waals surface area contributed by atoms with Gasteiger partial charge < -0.3 is 8.83 Å². The molecule has 148 valence electrons. The van der Waals surface area contributed by atoms with Crippen molar-refractivity contribution in [1.82, 2.24) is 18.8 Å². The first-order valence-corrected chi connectivity index (χ1v) is 10.5. The minimum absolute atomic E-state index is 0.170. The lowest BCUT2D eigenvalue weighted by Crippen LogP contribution is -2.13. The van der Waals surface area contributed by atoms with Gasteiger partial charge in [-0.25, -0.2) is 0 Å². The van der Waals surface area contributed by atoms with Gasteiger partial charge in [-0.2, -0.15) is 9.97 Å². The highest BCUT2D eigenvalue weighted by atomic mass is 32.1. The van der Waals surface area contributed by atoms with Crippen LogP contribution in [0.2, 0.25) is 0 Å². The average Bonchev–Trinajstić information content (AvgIpc) is 3.49. The normalized spacial score (nSPS) is 13.1. The van der Waals surface area contributed by atoms with Crippen LogP contribution < -0.4 is 11.1 Å². The van der Waals surface area contributed by atoms with Crippen LogP contribution in [0.1, 0.15) is 11.5 Å². The van der Waals surface area contributed by atoms with E-state index in [9.17, 15) is 9.59 Å². The Labute approximate surface area is 174 Å². The maximum atomic E-state index is 13.6. The highest BCUT2D eigenvalue weighted by Crippen LogP contribution is 2.42.